The first-order valence-corrected chi connectivity index (χ1v) is 3.41. The summed E-state index contributed by atoms with van der Waals surface area (Å²) in [7, 11) is 0. The van der Waals surface area contributed by atoms with Gasteiger partial charge in [0.2, 0.25) is 0 Å². The van der Waals surface area contributed by atoms with Crippen LogP contribution in [0.1, 0.15) is 5.69 Å². The number of aromatic nitrogens is 2. The second-order valence-corrected chi connectivity index (χ2v) is 2.53. The van der Waals surface area contributed by atoms with Crippen molar-refractivity contribution in [3.63, 3.8) is 0 Å². The van der Waals surface area contributed by atoms with Crippen LogP contribution in [0.15, 0.2) is 24.4 Å². The minimum absolute atomic E-state index is 0. The Morgan fingerprint density at radius 3 is 2.92 bits per heavy atom. The van der Waals surface area contributed by atoms with Gasteiger partial charge >= 0.3 is 0 Å². The average Bonchev–Trinajstić information content (AvgIpc) is 2.31. The molecule has 0 aliphatic carbocycles. The third kappa shape index (κ3) is 1.23. The lowest BCUT2D eigenvalue weighted by atomic mass is 10.2. The highest BCUT2D eigenvalue weighted by Crippen LogP contribution is 2.19. The maximum Gasteiger partial charge on any atom is 0.175 e. The monoisotopic (exact) mass is 184 g/mol. The maximum absolute atomic E-state index is 9.24. The molecule has 0 bridgehead atoms. The van der Waals surface area contributed by atoms with Crippen LogP contribution in [0.4, 0.5) is 0 Å². The number of fused-ring (bicyclic) bond motifs is 1. The minimum atomic E-state index is 0. The van der Waals surface area contributed by atoms with Crippen molar-refractivity contribution in [1.29, 1.82) is 0 Å². The summed E-state index contributed by atoms with van der Waals surface area (Å²) in [5, 5.41) is 9.24. The van der Waals surface area contributed by atoms with Crippen LogP contribution >= 0.6 is 12.4 Å². The molecule has 1 N–H and O–H groups in total. The number of hydrogen-bond donors (Lipinski definition) is 1. The van der Waals surface area contributed by atoms with Gasteiger partial charge in [-0.05, 0) is 25.1 Å². The molecule has 0 fully saturated rings. The first kappa shape index (κ1) is 8.87. The molecule has 0 aromatic carbocycles. The molecular weight excluding hydrogens is 176 g/mol. The number of pyridine rings is 1. The molecule has 0 spiro atoms. The second-order valence-electron chi connectivity index (χ2n) is 2.53. The number of hydrogen-bond acceptors (Lipinski definition) is 2. The predicted octanol–water partition coefficient (Wildman–Crippen LogP) is 1.96. The van der Waals surface area contributed by atoms with E-state index < -0.39 is 0 Å². The van der Waals surface area contributed by atoms with Crippen LogP contribution in [0.2, 0.25) is 0 Å². The Hall–Kier alpha value is -1.22. The molecule has 2 aliphatic heterocycles. The van der Waals surface area contributed by atoms with Crippen LogP contribution in [0.5, 0.6) is 0 Å². The number of nitrogens with zero attached hydrogens (tertiary/aromatic N) is 2. The quantitative estimate of drug-likeness (QED) is 0.636. The van der Waals surface area contributed by atoms with Crippen molar-refractivity contribution < 1.29 is 5.21 Å². The van der Waals surface area contributed by atoms with Crippen LogP contribution in [-0.2, 0) is 0 Å². The predicted molar refractivity (Wildman–Crippen MR) is 48.0 cm³/mol. The molecule has 0 atom stereocenters. The summed E-state index contributed by atoms with van der Waals surface area (Å²) in [6, 6.07) is 5.63. The molecule has 0 aromatic heterocycles. The summed E-state index contributed by atoms with van der Waals surface area (Å²) in [5.41, 5.74) is 1.89. The van der Waals surface area contributed by atoms with E-state index in [9.17, 15) is 5.21 Å². The lowest BCUT2D eigenvalue weighted by Gasteiger charge is -2.00. The molecule has 2 heterocycles. The summed E-state index contributed by atoms with van der Waals surface area (Å²) in [5.74, 6) is 0.616. The Morgan fingerprint density at radius 2 is 2.25 bits per heavy atom. The highest BCUT2D eigenvalue weighted by molar-refractivity contribution is 5.85. The number of halogens is 1. The van der Waals surface area contributed by atoms with E-state index in [1.165, 1.54) is 0 Å². The Labute approximate surface area is 76.4 Å². The highest BCUT2D eigenvalue weighted by Gasteiger charge is 2.07. The topological polar surface area (TPSA) is 38.0 Å². The largest absolute Gasteiger partial charge is 0.427 e. The molecule has 0 saturated carbocycles. The maximum atomic E-state index is 9.24. The zero-order valence-electron chi connectivity index (χ0n) is 6.56. The van der Waals surface area contributed by atoms with Gasteiger partial charge in [0.05, 0.1) is 0 Å². The van der Waals surface area contributed by atoms with Crippen LogP contribution in [0, 0.1) is 6.92 Å². The molecule has 4 heteroatoms. The fraction of sp³-hybridized carbons (Fsp3) is 0.125. The van der Waals surface area contributed by atoms with Crippen molar-refractivity contribution in [1.82, 2.24) is 9.71 Å². The van der Waals surface area contributed by atoms with Gasteiger partial charge in [-0.25, -0.2) is 4.98 Å². The Kier molecular flexibility index (Phi) is 2.24. The standard InChI is InChI=1S/C8H8N2O.ClH/c1-6-5-7-3-2-4-10(11)8(7)9-6;/h2-5,11H,1H3;1H. The van der Waals surface area contributed by atoms with Gasteiger partial charge in [0, 0.05) is 17.5 Å². The van der Waals surface area contributed by atoms with Crippen LogP contribution in [-0.4, -0.2) is 14.9 Å². The van der Waals surface area contributed by atoms with E-state index in [-0.39, 0.29) is 12.4 Å². The first-order valence-electron chi connectivity index (χ1n) is 3.41. The molecule has 0 radical (unpaired) electrons. The SMILES string of the molecule is Cc1cc2cccn(O)c-2n1.Cl. The van der Waals surface area contributed by atoms with E-state index in [0.29, 0.717) is 5.82 Å². The van der Waals surface area contributed by atoms with Crippen molar-refractivity contribution in [2.45, 2.75) is 6.92 Å². The van der Waals surface area contributed by atoms with Gasteiger partial charge in [0.25, 0.3) is 0 Å². The van der Waals surface area contributed by atoms with Crippen molar-refractivity contribution in [2.24, 2.45) is 0 Å². The Morgan fingerprint density at radius 1 is 1.50 bits per heavy atom. The number of aryl methyl sites for hydroxylation is 1. The third-order valence-electron chi connectivity index (χ3n) is 1.62. The third-order valence-corrected chi connectivity index (χ3v) is 1.62. The van der Waals surface area contributed by atoms with E-state index >= 15 is 0 Å². The van der Waals surface area contributed by atoms with E-state index in [1.807, 2.05) is 19.1 Å². The van der Waals surface area contributed by atoms with Gasteiger partial charge in [-0.3, -0.25) is 0 Å². The first-order chi connectivity index (χ1) is 5.27. The molecule has 0 unspecified atom stereocenters. The van der Waals surface area contributed by atoms with Crippen LogP contribution in [0.3, 0.4) is 0 Å². The lowest BCUT2D eigenvalue weighted by Crippen LogP contribution is -1.96. The fourth-order valence-electron chi connectivity index (χ4n) is 1.16. The normalized spacial score (nSPS) is 9.75. The summed E-state index contributed by atoms with van der Waals surface area (Å²) in [6.07, 6.45) is 1.56. The molecule has 0 saturated heterocycles. The van der Waals surface area contributed by atoms with Gasteiger partial charge in [-0.15, -0.1) is 12.4 Å². The average molecular weight is 185 g/mol. The zero-order chi connectivity index (χ0) is 7.84. The summed E-state index contributed by atoms with van der Waals surface area (Å²) < 4.78 is 1.03. The van der Waals surface area contributed by atoms with E-state index in [4.69, 9.17) is 0 Å². The van der Waals surface area contributed by atoms with Crippen molar-refractivity contribution in [3.05, 3.63) is 30.1 Å². The van der Waals surface area contributed by atoms with Crippen molar-refractivity contribution in [2.75, 3.05) is 0 Å². The van der Waals surface area contributed by atoms with E-state index in [1.54, 1.807) is 12.3 Å². The fourth-order valence-corrected chi connectivity index (χ4v) is 1.16. The molecule has 0 aromatic rings. The van der Waals surface area contributed by atoms with Crippen LogP contribution < -0.4 is 0 Å². The zero-order valence-corrected chi connectivity index (χ0v) is 7.38. The smallest absolute Gasteiger partial charge is 0.175 e. The van der Waals surface area contributed by atoms with Gasteiger partial charge in [-0.1, -0.05) is 0 Å². The van der Waals surface area contributed by atoms with Gasteiger partial charge in [0.15, 0.2) is 5.82 Å². The number of rotatable bonds is 0. The summed E-state index contributed by atoms with van der Waals surface area (Å²) in [4.78, 5) is 4.13. The van der Waals surface area contributed by atoms with E-state index in [2.05, 4.69) is 4.98 Å². The van der Waals surface area contributed by atoms with Crippen molar-refractivity contribution >= 4 is 12.4 Å². The molecule has 64 valence electrons. The lowest BCUT2D eigenvalue weighted by molar-refractivity contribution is 0.186. The summed E-state index contributed by atoms with van der Waals surface area (Å²) >= 11 is 0. The Bertz CT molecular complexity index is 358. The van der Waals surface area contributed by atoms with Crippen LogP contribution in [0.25, 0.3) is 11.4 Å². The minimum Gasteiger partial charge on any atom is -0.427 e. The van der Waals surface area contributed by atoms with Gasteiger partial charge in [-0.2, -0.15) is 4.73 Å². The van der Waals surface area contributed by atoms with Gasteiger partial charge < -0.3 is 5.21 Å². The molecule has 3 nitrogen and oxygen atoms in total. The highest BCUT2D eigenvalue weighted by atomic mass is 35.5. The second kappa shape index (κ2) is 3.03. The van der Waals surface area contributed by atoms with E-state index in [0.717, 1.165) is 16.0 Å². The molecule has 2 aliphatic rings. The molecule has 12 heavy (non-hydrogen) atoms. The van der Waals surface area contributed by atoms with Gasteiger partial charge in [0.1, 0.15) is 0 Å². The molecule has 2 rings (SSSR count). The summed E-state index contributed by atoms with van der Waals surface area (Å²) in [6.45, 7) is 1.90. The van der Waals surface area contributed by atoms with Crippen molar-refractivity contribution in [3.8, 4) is 11.4 Å². The molecular formula is C8H9ClN2O. The molecule has 0 amide bonds. The Balaban J connectivity index is 0.000000720.